The smallest absolute Gasteiger partial charge is 0.138 e. The van der Waals surface area contributed by atoms with Gasteiger partial charge in [-0.05, 0) is 30.2 Å². The lowest BCUT2D eigenvalue weighted by Crippen LogP contribution is -2.29. The maximum atomic E-state index is 6.07. The topological polar surface area (TPSA) is 44.5 Å². The molecule has 3 nitrogen and oxygen atoms in total. The first-order chi connectivity index (χ1) is 9.70. The largest absolute Gasteiger partial charge is 0.484 e. The lowest BCUT2D eigenvalue weighted by atomic mass is 10.0. The highest BCUT2D eigenvalue weighted by atomic mass is 16.5. The van der Waals surface area contributed by atoms with Crippen molar-refractivity contribution in [1.29, 1.82) is 0 Å². The van der Waals surface area contributed by atoms with Crippen molar-refractivity contribution in [2.24, 2.45) is 5.73 Å². The van der Waals surface area contributed by atoms with Gasteiger partial charge in [0.1, 0.15) is 11.9 Å². The minimum atomic E-state index is -0.158. The van der Waals surface area contributed by atoms with E-state index in [1.807, 2.05) is 61.5 Å². The predicted molar refractivity (Wildman–Crippen MR) is 80.6 cm³/mol. The second-order valence-corrected chi connectivity index (χ2v) is 4.89. The molecule has 0 spiro atoms. The predicted octanol–water partition coefficient (Wildman–Crippen LogP) is 3.30. The first-order valence-corrected chi connectivity index (χ1v) is 6.76. The molecular weight excluding hydrogens is 250 g/mol. The highest BCUT2D eigenvalue weighted by Crippen LogP contribution is 2.25. The second kappa shape index (κ2) is 7.08. The van der Waals surface area contributed by atoms with Crippen LogP contribution < -0.4 is 10.5 Å². The summed E-state index contributed by atoms with van der Waals surface area (Å²) in [6.07, 6.45) is -0.158. The van der Waals surface area contributed by atoms with Crippen LogP contribution in [0.4, 0.5) is 0 Å². The van der Waals surface area contributed by atoms with Gasteiger partial charge in [0.2, 0.25) is 0 Å². The van der Waals surface area contributed by atoms with Crippen molar-refractivity contribution < 1.29 is 9.47 Å². The van der Waals surface area contributed by atoms with Crippen LogP contribution in [0.25, 0.3) is 0 Å². The molecule has 2 aromatic rings. The molecule has 2 N–H and O–H groups in total. The van der Waals surface area contributed by atoms with Gasteiger partial charge in [-0.3, -0.25) is 0 Å². The number of nitrogens with two attached hydrogens (primary N) is 1. The summed E-state index contributed by atoms with van der Waals surface area (Å²) in [5.41, 5.74) is 8.23. The average molecular weight is 271 g/mol. The van der Waals surface area contributed by atoms with E-state index in [0.29, 0.717) is 6.61 Å². The van der Waals surface area contributed by atoms with Gasteiger partial charge in [0.15, 0.2) is 0 Å². The molecule has 0 aliphatic rings. The Labute approximate surface area is 120 Å². The van der Waals surface area contributed by atoms with Gasteiger partial charge in [-0.15, -0.1) is 0 Å². The summed E-state index contributed by atoms with van der Waals surface area (Å²) in [6, 6.07) is 17.9. The SMILES string of the molecule is COCc1cccc(OC(c2ccccc2)C(C)N)c1. The zero-order valence-corrected chi connectivity index (χ0v) is 12.0. The number of hydrogen-bond donors (Lipinski definition) is 1. The maximum absolute atomic E-state index is 6.07. The van der Waals surface area contributed by atoms with Crippen LogP contribution in [0.1, 0.15) is 24.2 Å². The second-order valence-electron chi connectivity index (χ2n) is 4.89. The van der Waals surface area contributed by atoms with E-state index in [4.69, 9.17) is 15.2 Å². The van der Waals surface area contributed by atoms with Gasteiger partial charge in [0, 0.05) is 13.2 Å². The normalized spacial score (nSPS) is 13.8. The lowest BCUT2D eigenvalue weighted by Gasteiger charge is -2.23. The standard InChI is InChI=1S/C17H21NO2/c1-13(18)17(15-8-4-3-5-9-15)20-16-10-6-7-14(11-16)12-19-2/h3-11,13,17H,12,18H2,1-2H3. The van der Waals surface area contributed by atoms with Crippen molar-refractivity contribution in [2.45, 2.75) is 25.7 Å². The van der Waals surface area contributed by atoms with Crippen LogP contribution >= 0.6 is 0 Å². The Hall–Kier alpha value is -1.84. The Bertz CT molecular complexity index is 526. The van der Waals surface area contributed by atoms with E-state index in [0.717, 1.165) is 16.9 Å². The molecule has 0 saturated heterocycles. The Morgan fingerprint density at radius 1 is 1.05 bits per heavy atom. The monoisotopic (exact) mass is 271 g/mol. The Kier molecular flexibility index (Phi) is 5.16. The average Bonchev–Trinajstić information content (AvgIpc) is 2.46. The maximum Gasteiger partial charge on any atom is 0.138 e. The third kappa shape index (κ3) is 3.83. The van der Waals surface area contributed by atoms with E-state index >= 15 is 0 Å². The Morgan fingerprint density at radius 3 is 2.45 bits per heavy atom. The number of ether oxygens (including phenoxy) is 2. The molecule has 2 rings (SSSR count). The summed E-state index contributed by atoms with van der Waals surface area (Å²) in [7, 11) is 1.68. The summed E-state index contributed by atoms with van der Waals surface area (Å²) in [5.74, 6) is 0.811. The summed E-state index contributed by atoms with van der Waals surface area (Å²) >= 11 is 0. The number of methoxy groups -OCH3 is 1. The molecule has 0 aliphatic heterocycles. The van der Waals surface area contributed by atoms with Gasteiger partial charge in [-0.1, -0.05) is 42.5 Å². The van der Waals surface area contributed by atoms with Crippen molar-refractivity contribution >= 4 is 0 Å². The van der Waals surface area contributed by atoms with Crippen LogP contribution in [0, 0.1) is 0 Å². The molecule has 0 bridgehead atoms. The van der Waals surface area contributed by atoms with E-state index in [-0.39, 0.29) is 12.1 Å². The van der Waals surface area contributed by atoms with E-state index in [2.05, 4.69) is 0 Å². The summed E-state index contributed by atoms with van der Waals surface area (Å²) in [5, 5.41) is 0. The van der Waals surface area contributed by atoms with Gasteiger partial charge >= 0.3 is 0 Å². The van der Waals surface area contributed by atoms with Gasteiger partial charge < -0.3 is 15.2 Å². The van der Waals surface area contributed by atoms with Gasteiger partial charge in [-0.25, -0.2) is 0 Å². The molecule has 2 atom stereocenters. The van der Waals surface area contributed by atoms with Crippen LogP contribution in [0.5, 0.6) is 5.75 Å². The molecule has 2 aromatic carbocycles. The quantitative estimate of drug-likeness (QED) is 0.876. The van der Waals surface area contributed by atoms with E-state index in [9.17, 15) is 0 Å². The van der Waals surface area contributed by atoms with Crippen LogP contribution in [0.2, 0.25) is 0 Å². The molecule has 2 unspecified atom stereocenters. The van der Waals surface area contributed by atoms with Gasteiger partial charge in [0.25, 0.3) is 0 Å². The van der Waals surface area contributed by atoms with E-state index in [1.165, 1.54) is 0 Å². The molecule has 0 aliphatic carbocycles. The fourth-order valence-electron chi connectivity index (χ4n) is 2.14. The summed E-state index contributed by atoms with van der Waals surface area (Å²) in [6.45, 7) is 2.53. The van der Waals surface area contributed by atoms with Gasteiger partial charge in [-0.2, -0.15) is 0 Å². The van der Waals surface area contributed by atoms with E-state index in [1.54, 1.807) is 7.11 Å². The molecule has 0 fully saturated rings. The molecule has 0 radical (unpaired) electrons. The zero-order valence-electron chi connectivity index (χ0n) is 12.0. The van der Waals surface area contributed by atoms with Crippen LogP contribution in [-0.4, -0.2) is 13.2 Å². The molecular formula is C17H21NO2. The van der Waals surface area contributed by atoms with E-state index < -0.39 is 0 Å². The molecule has 0 saturated carbocycles. The third-order valence-electron chi connectivity index (χ3n) is 3.08. The molecule has 0 amide bonds. The first kappa shape index (κ1) is 14.6. The number of hydrogen-bond acceptors (Lipinski definition) is 3. The first-order valence-electron chi connectivity index (χ1n) is 6.76. The fraction of sp³-hybridized carbons (Fsp3) is 0.294. The summed E-state index contributed by atoms with van der Waals surface area (Å²) < 4.78 is 11.2. The number of rotatable bonds is 6. The molecule has 20 heavy (non-hydrogen) atoms. The van der Waals surface area contributed by atoms with Crippen LogP contribution in [0.3, 0.4) is 0 Å². The Morgan fingerprint density at radius 2 is 1.80 bits per heavy atom. The third-order valence-corrected chi connectivity index (χ3v) is 3.08. The van der Waals surface area contributed by atoms with Crippen molar-refractivity contribution in [3.05, 3.63) is 65.7 Å². The minimum Gasteiger partial charge on any atom is -0.484 e. The van der Waals surface area contributed by atoms with Crippen LogP contribution in [0.15, 0.2) is 54.6 Å². The highest BCUT2D eigenvalue weighted by molar-refractivity contribution is 5.30. The zero-order chi connectivity index (χ0) is 14.4. The fourth-order valence-corrected chi connectivity index (χ4v) is 2.14. The highest BCUT2D eigenvalue weighted by Gasteiger charge is 2.17. The molecule has 0 aromatic heterocycles. The Balaban J connectivity index is 2.18. The molecule has 106 valence electrons. The van der Waals surface area contributed by atoms with Crippen molar-refractivity contribution in [2.75, 3.05) is 7.11 Å². The lowest BCUT2D eigenvalue weighted by molar-refractivity contribution is 0.175. The van der Waals surface area contributed by atoms with Crippen molar-refractivity contribution in [3.63, 3.8) is 0 Å². The van der Waals surface area contributed by atoms with Crippen molar-refractivity contribution in [1.82, 2.24) is 0 Å². The summed E-state index contributed by atoms with van der Waals surface area (Å²) in [4.78, 5) is 0. The van der Waals surface area contributed by atoms with Crippen LogP contribution in [-0.2, 0) is 11.3 Å². The molecule has 3 heteroatoms. The number of benzene rings is 2. The molecule has 0 heterocycles. The van der Waals surface area contributed by atoms with Crippen molar-refractivity contribution in [3.8, 4) is 5.75 Å². The van der Waals surface area contributed by atoms with Gasteiger partial charge in [0.05, 0.1) is 6.61 Å². The minimum absolute atomic E-state index is 0.0940.